The Morgan fingerprint density at radius 3 is 1.85 bits per heavy atom. The van der Waals surface area contributed by atoms with Gasteiger partial charge in [0.05, 0.1) is 6.04 Å². The molecule has 0 spiro atoms. The van der Waals surface area contributed by atoms with Crippen LogP contribution in [-0.4, -0.2) is 60.4 Å². The molecular formula is C23H44N6O5. The minimum atomic E-state index is -0.876. The lowest BCUT2D eigenvalue weighted by Gasteiger charge is -2.27. The predicted molar refractivity (Wildman–Crippen MR) is 132 cm³/mol. The van der Waals surface area contributed by atoms with Crippen LogP contribution in [0, 0.1) is 11.8 Å². The van der Waals surface area contributed by atoms with E-state index in [4.69, 9.17) is 16.2 Å². The maximum absolute atomic E-state index is 13.0. The van der Waals surface area contributed by atoms with Crippen LogP contribution in [0.2, 0.25) is 0 Å². The Labute approximate surface area is 203 Å². The third-order valence-electron chi connectivity index (χ3n) is 4.51. The summed E-state index contributed by atoms with van der Waals surface area (Å²) in [5, 5.41) is 8.02. The zero-order valence-corrected chi connectivity index (χ0v) is 21.6. The van der Waals surface area contributed by atoms with Crippen LogP contribution >= 0.6 is 0 Å². The van der Waals surface area contributed by atoms with Gasteiger partial charge < -0.3 is 36.9 Å². The molecule has 0 bridgehead atoms. The molecule has 0 aromatic carbocycles. The second-order valence-corrected chi connectivity index (χ2v) is 10.2. The number of guanidine groups is 1. The Hall–Kier alpha value is -2.85. The number of aliphatic imine (C=N–C) groups is 1. The number of nitrogens with two attached hydrogens (primary N) is 2. The number of carbonyl (C=O) groups excluding carboxylic acids is 4. The van der Waals surface area contributed by atoms with Gasteiger partial charge in [0.2, 0.25) is 11.8 Å². The van der Waals surface area contributed by atoms with Crippen molar-refractivity contribution in [2.45, 2.75) is 97.9 Å². The Balaban J connectivity index is 5.30. The fourth-order valence-corrected chi connectivity index (χ4v) is 3.10. The van der Waals surface area contributed by atoms with Crippen molar-refractivity contribution in [1.82, 2.24) is 16.0 Å². The molecule has 11 heteroatoms. The highest BCUT2D eigenvalue weighted by Gasteiger charge is 2.30. The molecule has 7 N–H and O–H groups in total. The van der Waals surface area contributed by atoms with Crippen molar-refractivity contribution in [1.29, 1.82) is 0 Å². The van der Waals surface area contributed by atoms with Gasteiger partial charge >= 0.3 is 6.09 Å². The molecule has 0 heterocycles. The van der Waals surface area contributed by atoms with E-state index in [-0.39, 0.29) is 17.8 Å². The van der Waals surface area contributed by atoms with Crippen LogP contribution in [0.5, 0.6) is 0 Å². The summed E-state index contributed by atoms with van der Waals surface area (Å²) in [5.41, 5.74) is 9.85. The van der Waals surface area contributed by atoms with E-state index in [2.05, 4.69) is 20.9 Å². The predicted octanol–water partition coefficient (Wildman–Crippen LogP) is 1.19. The van der Waals surface area contributed by atoms with Gasteiger partial charge in [-0.25, -0.2) is 4.79 Å². The SMILES string of the molecule is CC(C)C[C@H](NC(=O)OC(C)(C)C)C(=O)N[C@@H](CC(C)C)C(=O)N[C@H](C=O)CCCN=C(N)N. The molecule has 0 aromatic heterocycles. The van der Waals surface area contributed by atoms with Crippen molar-refractivity contribution in [3.05, 3.63) is 0 Å². The van der Waals surface area contributed by atoms with E-state index in [9.17, 15) is 19.2 Å². The summed E-state index contributed by atoms with van der Waals surface area (Å²) in [4.78, 5) is 53.5. The van der Waals surface area contributed by atoms with Crippen LogP contribution in [0.25, 0.3) is 0 Å². The molecule has 34 heavy (non-hydrogen) atoms. The lowest BCUT2D eigenvalue weighted by molar-refractivity contribution is -0.131. The molecule has 0 aliphatic heterocycles. The molecule has 0 saturated carbocycles. The fraction of sp³-hybridized carbons (Fsp3) is 0.783. The van der Waals surface area contributed by atoms with Crippen LogP contribution in [0.1, 0.15) is 74.1 Å². The molecule has 11 nitrogen and oxygen atoms in total. The first-order chi connectivity index (χ1) is 15.6. The van der Waals surface area contributed by atoms with Gasteiger partial charge in [-0.05, 0) is 58.3 Å². The smallest absolute Gasteiger partial charge is 0.408 e. The summed E-state index contributed by atoms with van der Waals surface area (Å²) in [5.74, 6) is -0.803. The summed E-state index contributed by atoms with van der Waals surface area (Å²) >= 11 is 0. The van der Waals surface area contributed by atoms with Crippen LogP contribution in [0.15, 0.2) is 4.99 Å². The van der Waals surface area contributed by atoms with Gasteiger partial charge in [0.25, 0.3) is 0 Å². The number of aldehydes is 1. The molecule has 0 radical (unpaired) electrons. The molecule has 0 unspecified atom stereocenters. The normalized spacial score (nSPS) is 14.0. The van der Waals surface area contributed by atoms with Gasteiger partial charge in [0.1, 0.15) is 24.0 Å². The minimum Gasteiger partial charge on any atom is -0.444 e. The van der Waals surface area contributed by atoms with E-state index in [1.165, 1.54) is 0 Å². The highest BCUT2D eigenvalue weighted by Crippen LogP contribution is 2.11. The summed E-state index contributed by atoms with van der Waals surface area (Å²) < 4.78 is 5.27. The van der Waals surface area contributed by atoms with Crippen molar-refractivity contribution in [3.63, 3.8) is 0 Å². The van der Waals surface area contributed by atoms with Crippen molar-refractivity contribution in [3.8, 4) is 0 Å². The molecular weight excluding hydrogens is 440 g/mol. The number of rotatable bonds is 14. The van der Waals surface area contributed by atoms with Gasteiger partial charge in [0.15, 0.2) is 5.96 Å². The maximum Gasteiger partial charge on any atom is 0.408 e. The van der Waals surface area contributed by atoms with Crippen molar-refractivity contribution >= 4 is 30.2 Å². The van der Waals surface area contributed by atoms with E-state index >= 15 is 0 Å². The van der Waals surface area contributed by atoms with E-state index < -0.39 is 41.6 Å². The van der Waals surface area contributed by atoms with Crippen molar-refractivity contribution < 1.29 is 23.9 Å². The fourth-order valence-electron chi connectivity index (χ4n) is 3.10. The standard InChI is InChI=1S/C23H44N6O5/c1-14(2)11-17(19(31)27-16(13-30)9-8-10-26-21(24)25)28-20(32)18(12-15(3)4)29-22(33)34-23(5,6)7/h13-18H,8-12H2,1-7H3,(H,27,31)(H,28,32)(H,29,33)(H4,24,25,26)/t16-,17-,18-/m0/s1. The molecule has 0 aliphatic carbocycles. The number of ether oxygens (including phenoxy) is 1. The number of alkyl carbamates (subject to hydrolysis) is 1. The third kappa shape index (κ3) is 15.1. The Kier molecular flexibility index (Phi) is 13.9. The summed E-state index contributed by atoms with van der Waals surface area (Å²) in [6, 6.07) is -2.49. The molecule has 0 saturated heterocycles. The van der Waals surface area contributed by atoms with E-state index in [1.54, 1.807) is 20.8 Å². The quantitative estimate of drug-likeness (QED) is 0.106. The second kappa shape index (κ2) is 15.1. The molecule has 0 aromatic rings. The molecule has 0 fully saturated rings. The second-order valence-electron chi connectivity index (χ2n) is 10.2. The number of hydrogen-bond donors (Lipinski definition) is 5. The van der Waals surface area contributed by atoms with Crippen molar-refractivity contribution in [2.24, 2.45) is 28.3 Å². The summed E-state index contributed by atoms with van der Waals surface area (Å²) in [6.07, 6.45) is 1.51. The van der Waals surface area contributed by atoms with E-state index in [0.717, 1.165) is 0 Å². The van der Waals surface area contributed by atoms with E-state index in [0.29, 0.717) is 38.5 Å². The van der Waals surface area contributed by atoms with E-state index in [1.807, 2.05) is 27.7 Å². The number of amides is 3. The molecule has 0 aliphatic rings. The zero-order chi connectivity index (χ0) is 26.5. The van der Waals surface area contributed by atoms with Gasteiger partial charge in [-0.15, -0.1) is 0 Å². The summed E-state index contributed by atoms with van der Waals surface area (Å²) in [6.45, 7) is 13.2. The maximum atomic E-state index is 13.0. The minimum absolute atomic E-state index is 0.0395. The van der Waals surface area contributed by atoms with Crippen LogP contribution in [0.3, 0.4) is 0 Å². The zero-order valence-electron chi connectivity index (χ0n) is 21.6. The lowest BCUT2D eigenvalue weighted by atomic mass is 10.00. The summed E-state index contributed by atoms with van der Waals surface area (Å²) in [7, 11) is 0. The van der Waals surface area contributed by atoms with Gasteiger partial charge in [-0.3, -0.25) is 14.6 Å². The molecule has 3 atom stereocenters. The average Bonchev–Trinajstić information content (AvgIpc) is 2.66. The molecule has 0 rings (SSSR count). The first-order valence-corrected chi connectivity index (χ1v) is 11.8. The van der Waals surface area contributed by atoms with Crippen LogP contribution in [0.4, 0.5) is 4.79 Å². The Morgan fingerprint density at radius 1 is 0.912 bits per heavy atom. The number of carbonyl (C=O) groups is 4. The third-order valence-corrected chi connectivity index (χ3v) is 4.51. The first kappa shape index (κ1) is 31.1. The van der Waals surface area contributed by atoms with Gasteiger partial charge in [-0.2, -0.15) is 0 Å². The van der Waals surface area contributed by atoms with Gasteiger partial charge in [-0.1, -0.05) is 27.7 Å². The molecule has 196 valence electrons. The monoisotopic (exact) mass is 484 g/mol. The number of nitrogens with one attached hydrogen (secondary N) is 3. The molecule has 3 amide bonds. The Morgan fingerprint density at radius 2 is 1.41 bits per heavy atom. The van der Waals surface area contributed by atoms with Crippen LogP contribution < -0.4 is 27.4 Å². The lowest BCUT2D eigenvalue weighted by Crippen LogP contribution is -2.56. The number of hydrogen-bond acceptors (Lipinski definition) is 6. The topological polar surface area (TPSA) is 178 Å². The van der Waals surface area contributed by atoms with Gasteiger partial charge in [0, 0.05) is 6.54 Å². The first-order valence-electron chi connectivity index (χ1n) is 11.8. The average molecular weight is 485 g/mol. The highest BCUT2D eigenvalue weighted by atomic mass is 16.6. The van der Waals surface area contributed by atoms with Crippen LogP contribution in [-0.2, 0) is 19.1 Å². The largest absolute Gasteiger partial charge is 0.444 e. The highest BCUT2D eigenvalue weighted by molar-refractivity contribution is 5.92. The number of nitrogens with zero attached hydrogens (tertiary/aromatic N) is 1. The van der Waals surface area contributed by atoms with Crippen molar-refractivity contribution in [2.75, 3.05) is 6.54 Å². The Bertz CT molecular complexity index is 698.